The lowest BCUT2D eigenvalue weighted by molar-refractivity contribution is 0.0746. The SMILES string of the molecule is COc1ccc(C(=O)N2CCN(c3ncccc3C#N)CC2)cc1S(=O)(=O)Nc1ccc(C)cc1. The molecule has 0 radical (unpaired) electrons. The van der Waals surface area contributed by atoms with Gasteiger partial charge in [-0.05, 0) is 49.4 Å². The highest BCUT2D eigenvalue weighted by Gasteiger charge is 2.27. The summed E-state index contributed by atoms with van der Waals surface area (Å²) in [6.45, 7) is 3.75. The number of carbonyl (C=O) groups excluding carboxylic acids is 1. The standard InChI is InChI=1S/C25H25N5O4S/c1-18-5-8-21(9-6-18)28-35(32,33)23-16-19(7-10-22(23)34-2)25(31)30-14-12-29(13-15-30)24-20(17-26)4-3-11-27-24/h3-11,16,28H,12-15H2,1-2H3. The molecule has 1 aliphatic heterocycles. The third kappa shape index (κ3) is 5.20. The zero-order valence-corrected chi connectivity index (χ0v) is 20.2. The maximum atomic E-state index is 13.2. The van der Waals surface area contributed by atoms with Gasteiger partial charge in [0.2, 0.25) is 0 Å². The molecule has 0 unspecified atom stereocenters. The van der Waals surface area contributed by atoms with Gasteiger partial charge in [0.15, 0.2) is 0 Å². The molecule has 9 nitrogen and oxygen atoms in total. The number of hydrogen-bond donors (Lipinski definition) is 1. The van der Waals surface area contributed by atoms with Crippen molar-refractivity contribution in [3.8, 4) is 11.8 Å². The highest BCUT2D eigenvalue weighted by Crippen LogP contribution is 2.28. The number of nitriles is 1. The monoisotopic (exact) mass is 491 g/mol. The fourth-order valence-corrected chi connectivity index (χ4v) is 5.15. The van der Waals surface area contributed by atoms with Crippen molar-refractivity contribution in [1.29, 1.82) is 5.26 Å². The maximum absolute atomic E-state index is 13.2. The van der Waals surface area contributed by atoms with Crippen LogP contribution in [0.1, 0.15) is 21.5 Å². The minimum Gasteiger partial charge on any atom is -0.495 e. The van der Waals surface area contributed by atoms with Crippen LogP contribution in [-0.4, -0.2) is 57.5 Å². The van der Waals surface area contributed by atoms with Gasteiger partial charge >= 0.3 is 0 Å². The van der Waals surface area contributed by atoms with E-state index in [0.29, 0.717) is 43.2 Å². The van der Waals surface area contributed by atoms with E-state index < -0.39 is 10.0 Å². The Bertz CT molecular complexity index is 1380. The van der Waals surface area contributed by atoms with Gasteiger partial charge in [-0.3, -0.25) is 9.52 Å². The predicted octanol–water partition coefficient (Wildman–Crippen LogP) is 3.03. The number of methoxy groups -OCH3 is 1. The second-order valence-electron chi connectivity index (χ2n) is 8.10. The van der Waals surface area contributed by atoms with Gasteiger partial charge in [0.1, 0.15) is 22.5 Å². The summed E-state index contributed by atoms with van der Waals surface area (Å²) < 4.78 is 34.1. The van der Waals surface area contributed by atoms with E-state index >= 15 is 0 Å². The molecule has 1 fully saturated rings. The Labute approximate surface area is 204 Å². The molecule has 1 amide bonds. The molecule has 2 aromatic carbocycles. The normalized spacial score (nSPS) is 13.7. The highest BCUT2D eigenvalue weighted by molar-refractivity contribution is 7.92. The Morgan fingerprint density at radius 2 is 1.80 bits per heavy atom. The molecule has 0 aliphatic carbocycles. The van der Waals surface area contributed by atoms with Crippen molar-refractivity contribution < 1.29 is 17.9 Å². The summed E-state index contributed by atoms with van der Waals surface area (Å²) in [6.07, 6.45) is 1.64. The second-order valence-corrected chi connectivity index (χ2v) is 9.75. The largest absolute Gasteiger partial charge is 0.495 e. The third-order valence-corrected chi connectivity index (χ3v) is 7.18. The van der Waals surface area contributed by atoms with E-state index in [9.17, 15) is 18.5 Å². The Balaban J connectivity index is 1.52. The van der Waals surface area contributed by atoms with Crippen molar-refractivity contribution in [3.05, 3.63) is 77.5 Å². The van der Waals surface area contributed by atoms with E-state index in [0.717, 1.165) is 5.56 Å². The number of amides is 1. The minimum atomic E-state index is -4.00. The molecule has 1 aromatic heterocycles. The number of carbonyl (C=O) groups is 1. The number of aromatic nitrogens is 1. The molecule has 1 aliphatic rings. The van der Waals surface area contributed by atoms with Crippen molar-refractivity contribution in [3.63, 3.8) is 0 Å². The van der Waals surface area contributed by atoms with Crippen LogP contribution in [-0.2, 0) is 10.0 Å². The van der Waals surface area contributed by atoms with Gasteiger partial charge in [-0.2, -0.15) is 5.26 Å². The topological polar surface area (TPSA) is 116 Å². The van der Waals surface area contributed by atoms with E-state index in [-0.39, 0.29) is 22.1 Å². The fraction of sp³-hybridized carbons (Fsp3) is 0.240. The summed E-state index contributed by atoms with van der Waals surface area (Å²) in [5, 5.41) is 9.33. The van der Waals surface area contributed by atoms with Crippen LogP contribution in [0, 0.1) is 18.3 Å². The van der Waals surface area contributed by atoms with Gasteiger partial charge in [0.25, 0.3) is 15.9 Å². The first-order valence-electron chi connectivity index (χ1n) is 11.0. The number of nitrogens with zero attached hydrogens (tertiary/aromatic N) is 4. The van der Waals surface area contributed by atoms with Crippen molar-refractivity contribution >= 4 is 27.4 Å². The molecule has 0 spiro atoms. The summed E-state index contributed by atoms with van der Waals surface area (Å²) in [4.78, 5) is 21.1. The number of sulfonamides is 1. The molecular weight excluding hydrogens is 466 g/mol. The zero-order chi connectivity index (χ0) is 25.0. The number of benzene rings is 2. The van der Waals surface area contributed by atoms with Crippen LogP contribution in [0.3, 0.4) is 0 Å². The molecule has 0 atom stereocenters. The summed E-state index contributed by atoms with van der Waals surface area (Å²) in [5.74, 6) is 0.466. The Hall–Kier alpha value is -4.10. The molecular formula is C25H25N5O4S. The number of ether oxygens (including phenoxy) is 1. The second kappa shape index (κ2) is 10.0. The Morgan fingerprint density at radius 1 is 1.09 bits per heavy atom. The lowest BCUT2D eigenvalue weighted by Crippen LogP contribution is -2.49. The number of nitrogens with one attached hydrogen (secondary N) is 1. The van der Waals surface area contributed by atoms with Crippen molar-refractivity contribution in [1.82, 2.24) is 9.88 Å². The van der Waals surface area contributed by atoms with Crippen molar-refractivity contribution in [2.45, 2.75) is 11.8 Å². The van der Waals surface area contributed by atoms with Gasteiger partial charge in [-0.25, -0.2) is 13.4 Å². The highest BCUT2D eigenvalue weighted by atomic mass is 32.2. The smallest absolute Gasteiger partial charge is 0.265 e. The van der Waals surface area contributed by atoms with Crippen LogP contribution in [0.2, 0.25) is 0 Å². The van der Waals surface area contributed by atoms with E-state index in [4.69, 9.17) is 4.74 Å². The van der Waals surface area contributed by atoms with Gasteiger partial charge in [0.05, 0.1) is 12.7 Å². The minimum absolute atomic E-state index is 0.114. The summed E-state index contributed by atoms with van der Waals surface area (Å²) >= 11 is 0. The summed E-state index contributed by atoms with van der Waals surface area (Å²) in [7, 11) is -2.62. The average molecular weight is 492 g/mol. The third-order valence-electron chi connectivity index (χ3n) is 5.78. The molecule has 1 saturated heterocycles. The molecule has 180 valence electrons. The summed E-state index contributed by atoms with van der Waals surface area (Å²) in [6, 6.07) is 16.9. The van der Waals surface area contributed by atoms with Crippen LogP contribution in [0.25, 0.3) is 0 Å². The summed E-state index contributed by atoms with van der Waals surface area (Å²) in [5.41, 5.74) is 2.15. The van der Waals surface area contributed by atoms with E-state index in [1.807, 2.05) is 11.8 Å². The first-order chi connectivity index (χ1) is 16.8. The van der Waals surface area contributed by atoms with Gasteiger partial charge < -0.3 is 14.5 Å². The predicted molar refractivity (Wildman–Crippen MR) is 132 cm³/mol. The van der Waals surface area contributed by atoms with Gasteiger partial charge in [0, 0.05) is 43.6 Å². The fourth-order valence-electron chi connectivity index (χ4n) is 3.89. The van der Waals surface area contributed by atoms with Crippen LogP contribution in [0.4, 0.5) is 11.5 Å². The molecule has 2 heterocycles. The number of hydrogen-bond acceptors (Lipinski definition) is 7. The van der Waals surface area contributed by atoms with Crippen LogP contribution in [0.5, 0.6) is 5.75 Å². The van der Waals surface area contributed by atoms with Crippen LogP contribution in [0.15, 0.2) is 65.7 Å². The molecule has 0 saturated carbocycles. The first-order valence-corrected chi connectivity index (χ1v) is 12.5. The van der Waals surface area contributed by atoms with Gasteiger partial charge in [-0.15, -0.1) is 0 Å². The number of anilines is 2. The van der Waals surface area contributed by atoms with E-state index in [2.05, 4.69) is 15.8 Å². The molecule has 35 heavy (non-hydrogen) atoms. The lowest BCUT2D eigenvalue weighted by atomic mass is 10.1. The average Bonchev–Trinajstić information content (AvgIpc) is 2.89. The number of piperazine rings is 1. The van der Waals surface area contributed by atoms with Crippen LogP contribution >= 0.6 is 0 Å². The zero-order valence-electron chi connectivity index (χ0n) is 19.4. The Morgan fingerprint density at radius 3 is 2.46 bits per heavy atom. The van der Waals surface area contributed by atoms with Crippen LogP contribution < -0.4 is 14.4 Å². The molecule has 4 rings (SSSR count). The van der Waals surface area contributed by atoms with E-state index in [1.54, 1.807) is 53.6 Å². The first kappa shape index (κ1) is 24.0. The molecule has 3 aromatic rings. The quantitative estimate of drug-likeness (QED) is 0.563. The molecule has 1 N–H and O–H groups in total. The number of aryl methyl sites for hydroxylation is 1. The lowest BCUT2D eigenvalue weighted by Gasteiger charge is -2.35. The molecule has 0 bridgehead atoms. The number of pyridine rings is 1. The maximum Gasteiger partial charge on any atom is 0.265 e. The van der Waals surface area contributed by atoms with Gasteiger partial charge in [-0.1, -0.05) is 17.7 Å². The van der Waals surface area contributed by atoms with Crippen molar-refractivity contribution in [2.75, 3.05) is 42.9 Å². The van der Waals surface area contributed by atoms with E-state index in [1.165, 1.54) is 19.2 Å². The molecule has 10 heteroatoms. The van der Waals surface area contributed by atoms with Crippen molar-refractivity contribution in [2.24, 2.45) is 0 Å². The Kier molecular flexibility index (Phi) is 6.89. The number of rotatable bonds is 6.